The van der Waals surface area contributed by atoms with Crippen LogP contribution in [0, 0.1) is 0 Å². The van der Waals surface area contributed by atoms with Crippen LogP contribution in [0.3, 0.4) is 0 Å². The summed E-state index contributed by atoms with van der Waals surface area (Å²) < 4.78 is 23.8. The Morgan fingerprint density at radius 2 is 2.31 bits per heavy atom. The molecule has 0 aromatic carbocycles. The zero-order valence-electron chi connectivity index (χ0n) is 6.58. The van der Waals surface area contributed by atoms with Gasteiger partial charge < -0.3 is 5.11 Å². The first-order valence-electron chi connectivity index (χ1n) is 3.56. The SMILES string of the molecule is O=C(O)c1cc(CC(F)F)ccn1. The number of carbonyl (C=O) groups is 1. The van der Waals surface area contributed by atoms with E-state index in [-0.39, 0.29) is 11.3 Å². The van der Waals surface area contributed by atoms with Gasteiger partial charge in [0.15, 0.2) is 0 Å². The van der Waals surface area contributed by atoms with Crippen molar-refractivity contribution in [1.82, 2.24) is 4.98 Å². The number of hydrogen-bond acceptors (Lipinski definition) is 2. The number of pyridine rings is 1. The number of carboxylic acids is 1. The molecule has 0 saturated carbocycles. The quantitative estimate of drug-likeness (QED) is 0.781. The number of nitrogens with zero attached hydrogens (tertiary/aromatic N) is 1. The highest BCUT2D eigenvalue weighted by Crippen LogP contribution is 2.07. The van der Waals surface area contributed by atoms with E-state index >= 15 is 0 Å². The van der Waals surface area contributed by atoms with Gasteiger partial charge in [0.1, 0.15) is 5.69 Å². The third-order valence-electron chi connectivity index (χ3n) is 1.43. The average molecular weight is 187 g/mol. The number of alkyl halides is 2. The minimum atomic E-state index is -2.47. The van der Waals surface area contributed by atoms with Crippen molar-refractivity contribution in [2.75, 3.05) is 0 Å². The topological polar surface area (TPSA) is 50.2 Å². The Labute approximate surface area is 73.0 Å². The van der Waals surface area contributed by atoms with Gasteiger partial charge >= 0.3 is 5.97 Å². The van der Waals surface area contributed by atoms with Crippen LogP contribution in [0.25, 0.3) is 0 Å². The summed E-state index contributed by atoms with van der Waals surface area (Å²) in [6, 6.07) is 2.52. The summed E-state index contributed by atoms with van der Waals surface area (Å²) in [5.74, 6) is -1.21. The lowest BCUT2D eigenvalue weighted by Crippen LogP contribution is -2.03. The molecule has 70 valence electrons. The van der Waals surface area contributed by atoms with E-state index in [4.69, 9.17) is 5.11 Å². The molecule has 0 aliphatic heterocycles. The molecule has 0 saturated heterocycles. The maximum Gasteiger partial charge on any atom is 0.354 e. The van der Waals surface area contributed by atoms with Gasteiger partial charge in [-0.05, 0) is 17.7 Å². The van der Waals surface area contributed by atoms with Crippen LogP contribution in [0.15, 0.2) is 18.3 Å². The first-order valence-corrected chi connectivity index (χ1v) is 3.56. The van der Waals surface area contributed by atoms with Crippen molar-refractivity contribution in [3.63, 3.8) is 0 Å². The standard InChI is InChI=1S/C8H7F2NO2/c9-7(10)4-5-1-2-11-6(3-5)8(12)13/h1-3,7H,4H2,(H,12,13). The molecule has 1 rings (SSSR count). The van der Waals surface area contributed by atoms with E-state index in [0.29, 0.717) is 0 Å². The van der Waals surface area contributed by atoms with Crippen LogP contribution in [0.5, 0.6) is 0 Å². The Balaban J connectivity index is 2.85. The second-order valence-corrected chi connectivity index (χ2v) is 2.45. The Morgan fingerprint density at radius 1 is 1.62 bits per heavy atom. The summed E-state index contributed by atoms with van der Waals surface area (Å²) >= 11 is 0. The molecule has 0 spiro atoms. The minimum absolute atomic E-state index is 0.210. The summed E-state index contributed by atoms with van der Waals surface area (Å²) in [4.78, 5) is 13.9. The second-order valence-electron chi connectivity index (χ2n) is 2.45. The Hall–Kier alpha value is -1.52. The third kappa shape index (κ3) is 2.77. The predicted molar refractivity (Wildman–Crippen MR) is 40.9 cm³/mol. The lowest BCUT2D eigenvalue weighted by Gasteiger charge is -2.00. The number of hydrogen-bond donors (Lipinski definition) is 1. The Bertz CT molecular complexity index is 315. The van der Waals surface area contributed by atoms with E-state index in [1.807, 2.05) is 0 Å². The molecule has 0 bridgehead atoms. The van der Waals surface area contributed by atoms with E-state index in [2.05, 4.69) is 4.98 Å². The highest BCUT2D eigenvalue weighted by Gasteiger charge is 2.08. The van der Waals surface area contributed by atoms with Crippen molar-refractivity contribution in [2.24, 2.45) is 0 Å². The molecular weight excluding hydrogens is 180 g/mol. The fourth-order valence-corrected chi connectivity index (χ4v) is 0.896. The van der Waals surface area contributed by atoms with Gasteiger partial charge in [0.2, 0.25) is 6.43 Å². The first kappa shape index (κ1) is 9.57. The number of halogens is 2. The van der Waals surface area contributed by atoms with Crippen molar-refractivity contribution >= 4 is 5.97 Å². The van der Waals surface area contributed by atoms with Gasteiger partial charge in [-0.3, -0.25) is 0 Å². The molecule has 0 aliphatic carbocycles. The zero-order chi connectivity index (χ0) is 9.84. The van der Waals surface area contributed by atoms with Gasteiger partial charge in [0, 0.05) is 12.6 Å². The molecule has 0 atom stereocenters. The van der Waals surface area contributed by atoms with Crippen molar-refractivity contribution < 1.29 is 18.7 Å². The monoisotopic (exact) mass is 187 g/mol. The van der Waals surface area contributed by atoms with Gasteiger partial charge in [-0.1, -0.05) is 0 Å². The normalized spacial score (nSPS) is 10.4. The van der Waals surface area contributed by atoms with E-state index in [1.165, 1.54) is 12.3 Å². The number of aromatic nitrogens is 1. The van der Waals surface area contributed by atoms with Crippen molar-refractivity contribution in [2.45, 2.75) is 12.8 Å². The van der Waals surface area contributed by atoms with Crippen LogP contribution in [-0.4, -0.2) is 22.5 Å². The molecule has 0 aliphatic rings. The molecule has 1 N–H and O–H groups in total. The molecule has 3 nitrogen and oxygen atoms in total. The van der Waals surface area contributed by atoms with Crippen LogP contribution in [-0.2, 0) is 6.42 Å². The van der Waals surface area contributed by atoms with Gasteiger partial charge in [-0.25, -0.2) is 18.6 Å². The van der Waals surface area contributed by atoms with E-state index < -0.39 is 18.8 Å². The van der Waals surface area contributed by atoms with Gasteiger partial charge in [-0.2, -0.15) is 0 Å². The van der Waals surface area contributed by atoms with E-state index in [9.17, 15) is 13.6 Å². The maximum absolute atomic E-state index is 11.9. The number of rotatable bonds is 3. The largest absolute Gasteiger partial charge is 0.477 e. The number of carboxylic acid groups (broad SMARTS) is 1. The maximum atomic E-state index is 11.9. The summed E-state index contributed by atoms with van der Waals surface area (Å²) in [7, 11) is 0. The molecule has 5 heteroatoms. The van der Waals surface area contributed by atoms with Crippen molar-refractivity contribution in [3.8, 4) is 0 Å². The molecule has 0 amide bonds. The van der Waals surface area contributed by atoms with Gasteiger partial charge in [-0.15, -0.1) is 0 Å². The van der Waals surface area contributed by atoms with Crippen LogP contribution in [0.4, 0.5) is 8.78 Å². The molecule has 1 heterocycles. The number of aromatic carboxylic acids is 1. The Morgan fingerprint density at radius 3 is 2.85 bits per heavy atom. The molecular formula is C8H7F2NO2. The molecule has 1 aromatic heterocycles. The highest BCUT2D eigenvalue weighted by atomic mass is 19.3. The van der Waals surface area contributed by atoms with Crippen LogP contribution < -0.4 is 0 Å². The molecule has 0 fully saturated rings. The van der Waals surface area contributed by atoms with Crippen molar-refractivity contribution in [3.05, 3.63) is 29.6 Å². The molecule has 1 aromatic rings. The molecule has 0 radical (unpaired) electrons. The molecule has 0 unspecified atom stereocenters. The van der Waals surface area contributed by atoms with E-state index in [0.717, 1.165) is 6.07 Å². The highest BCUT2D eigenvalue weighted by molar-refractivity contribution is 5.85. The summed E-state index contributed by atoms with van der Waals surface area (Å²) in [5, 5.41) is 8.49. The molecule has 13 heavy (non-hydrogen) atoms. The zero-order valence-corrected chi connectivity index (χ0v) is 6.58. The summed E-state index contributed by atoms with van der Waals surface area (Å²) in [6.45, 7) is 0. The fourth-order valence-electron chi connectivity index (χ4n) is 0.896. The lowest BCUT2D eigenvalue weighted by atomic mass is 10.2. The average Bonchev–Trinajstić information content (AvgIpc) is 2.03. The van der Waals surface area contributed by atoms with Crippen LogP contribution >= 0.6 is 0 Å². The lowest BCUT2D eigenvalue weighted by molar-refractivity contribution is 0.0690. The Kier molecular flexibility index (Phi) is 2.89. The summed E-state index contributed by atoms with van der Waals surface area (Å²) in [5.41, 5.74) is 0.0700. The van der Waals surface area contributed by atoms with Crippen molar-refractivity contribution in [1.29, 1.82) is 0 Å². The first-order chi connectivity index (χ1) is 6.09. The third-order valence-corrected chi connectivity index (χ3v) is 1.43. The second kappa shape index (κ2) is 3.93. The van der Waals surface area contributed by atoms with Crippen LogP contribution in [0.1, 0.15) is 16.1 Å². The smallest absolute Gasteiger partial charge is 0.354 e. The predicted octanol–water partition coefficient (Wildman–Crippen LogP) is 1.59. The van der Waals surface area contributed by atoms with Gasteiger partial charge in [0.25, 0.3) is 0 Å². The van der Waals surface area contributed by atoms with Crippen LogP contribution in [0.2, 0.25) is 0 Å². The summed E-state index contributed by atoms with van der Waals surface area (Å²) in [6.07, 6.45) is -1.70. The fraction of sp³-hybridized carbons (Fsp3) is 0.250. The minimum Gasteiger partial charge on any atom is -0.477 e. The van der Waals surface area contributed by atoms with Gasteiger partial charge in [0.05, 0.1) is 0 Å². The van der Waals surface area contributed by atoms with E-state index in [1.54, 1.807) is 0 Å².